The van der Waals surface area contributed by atoms with E-state index in [4.69, 9.17) is 0 Å². The standard InChI is InChI=1S/C20H23N3O2/c1-14(22-20(25)18-11-6-12-21-18)16-9-5-10-17(13-16)23-19(24)15-7-3-2-4-8-15/h2-5,7-10,13-14,18,21H,6,11-12H2,1H3,(H,22,25)(H,23,24). The molecule has 130 valence electrons. The monoisotopic (exact) mass is 337 g/mol. The number of carbonyl (C=O) groups excluding carboxylic acids is 2. The van der Waals surface area contributed by atoms with Crippen molar-refractivity contribution in [1.82, 2.24) is 10.6 Å². The van der Waals surface area contributed by atoms with Crippen molar-refractivity contribution in [3.05, 3.63) is 65.7 Å². The second-order valence-electron chi connectivity index (χ2n) is 6.32. The minimum atomic E-state index is -0.149. The van der Waals surface area contributed by atoms with E-state index in [-0.39, 0.29) is 23.9 Å². The van der Waals surface area contributed by atoms with Gasteiger partial charge in [0.15, 0.2) is 0 Å². The molecule has 3 rings (SSSR count). The lowest BCUT2D eigenvalue weighted by Crippen LogP contribution is -2.41. The van der Waals surface area contributed by atoms with Gasteiger partial charge in [-0.3, -0.25) is 9.59 Å². The Hall–Kier alpha value is -2.66. The number of anilines is 1. The number of hydrogen-bond donors (Lipinski definition) is 3. The van der Waals surface area contributed by atoms with Crippen LogP contribution in [0.25, 0.3) is 0 Å². The van der Waals surface area contributed by atoms with Gasteiger partial charge >= 0.3 is 0 Å². The fourth-order valence-electron chi connectivity index (χ4n) is 2.98. The van der Waals surface area contributed by atoms with E-state index in [9.17, 15) is 9.59 Å². The third kappa shape index (κ3) is 4.45. The molecule has 2 aromatic carbocycles. The summed E-state index contributed by atoms with van der Waals surface area (Å²) in [4.78, 5) is 24.5. The first-order valence-electron chi connectivity index (χ1n) is 8.63. The zero-order valence-corrected chi connectivity index (χ0v) is 14.3. The Morgan fingerprint density at radius 2 is 1.92 bits per heavy atom. The maximum atomic E-state index is 12.3. The number of hydrogen-bond acceptors (Lipinski definition) is 3. The molecular formula is C20H23N3O2. The molecule has 0 aliphatic carbocycles. The summed E-state index contributed by atoms with van der Waals surface area (Å²) >= 11 is 0. The van der Waals surface area contributed by atoms with Crippen molar-refractivity contribution in [1.29, 1.82) is 0 Å². The SMILES string of the molecule is CC(NC(=O)C1CCCN1)c1cccc(NC(=O)c2ccccc2)c1. The fourth-order valence-corrected chi connectivity index (χ4v) is 2.98. The van der Waals surface area contributed by atoms with Gasteiger partial charge in [-0.05, 0) is 56.1 Å². The summed E-state index contributed by atoms with van der Waals surface area (Å²) < 4.78 is 0. The van der Waals surface area contributed by atoms with Gasteiger partial charge in [-0.25, -0.2) is 0 Å². The summed E-state index contributed by atoms with van der Waals surface area (Å²) in [5, 5.41) is 9.13. The Morgan fingerprint density at radius 1 is 1.12 bits per heavy atom. The van der Waals surface area contributed by atoms with Crippen LogP contribution in [0.2, 0.25) is 0 Å². The Balaban J connectivity index is 1.64. The van der Waals surface area contributed by atoms with Crippen molar-refractivity contribution in [3.8, 4) is 0 Å². The average Bonchev–Trinajstić information content (AvgIpc) is 3.17. The molecule has 2 atom stereocenters. The molecule has 2 unspecified atom stereocenters. The lowest BCUT2D eigenvalue weighted by atomic mass is 10.1. The number of rotatable bonds is 5. The smallest absolute Gasteiger partial charge is 0.255 e. The van der Waals surface area contributed by atoms with E-state index >= 15 is 0 Å². The highest BCUT2D eigenvalue weighted by molar-refractivity contribution is 6.04. The van der Waals surface area contributed by atoms with Gasteiger partial charge in [0.25, 0.3) is 5.91 Å². The van der Waals surface area contributed by atoms with Crippen molar-refractivity contribution in [3.63, 3.8) is 0 Å². The minimum absolute atomic E-state index is 0.0312. The highest BCUT2D eigenvalue weighted by Crippen LogP contribution is 2.19. The lowest BCUT2D eigenvalue weighted by Gasteiger charge is -2.18. The average molecular weight is 337 g/mol. The molecule has 1 aliphatic rings. The molecule has 5 nitrogen and oxygen atoms in total. The number of carbonyl (C=O) groups is 2. The summed E-state index contributed by atoms with van der Waals surface area (Å²) in [6, 6.07) is 16.4. The summed E-state index contributed by atoms with van der Waals surface area (Å²) in [7, 11) is 0. The Bertz CT molecular complexity index is 740. The van der Waals surface area contributed by atoms with Gasteiger partial charge in [-0.2, -0.15) is 0 Å². The van der Waals surface area contributed by atoms with E-state index in [2.05, 4.69) is 16.0 Å². The molecule has 1 fully saturated rings. The minimum Gasteiger partial charge on any atom is -0.348 e. The lowest BCUT2D eigenvalue weighted by molar-refractivity contribution is -0.123. The summed E-state index contributed by atoms with van der Waals surface area (Å²) in [5.74, 6) is -0.117. The van der Waals surface area contributed by atoms with E-state index in [0.717, 1.165) is 24.9 Å². The second-order valence-corrected chi connectivity index (χ2v) is 6.32. The molecule has 2 aromatic rings. The van der Waals surface area contributed by atoms with Crippen LogP contribution < -0.4 is 16.0 Å². The van der Waals surface area contributed by atoms with Gasteiger partial charge in [-0.1, -0.05) is 30.3 Å². The quantitative estimate of drug-likeness (QED) is 0.786. The first-order chi connectivity index (χ1) is 12.1. The van der Waals surface area contributed by atoms with Crippen molar-refractivity contribution in [2.75, 3.05) is 11.9 Å². The molecule has 5 heteroatoms. The third-order valence-corrected chi connectivity index (χ3v) is 4.42. The molecule has 0 aromatic heterocycles. The predicted molar refractivity (Wildman–Crippen MR) is 98.4 cm³/mol. The molecule has 2 amide bonds. The van der Waals surface area contributed by atoms with E-state index < -0.39 is 0 Å². The maximum absolute atomic E-state index is 12.3. The van der Waals surface area contributed by atoms with Crippen LogP contribution in [0.15, 0.2) is 54.6 Å². The molecule has 1 heterocycles. The van der Waals surface area contributed by atoms with Crippen LogP contribution in [0.5, 0.6) is 0 Å². The van der Waals surface area contributed by atoms with Gasteiger partial charge in [0, 0.05) is 11.3 Å². The van der Waals surface area contributed by atoms with Crippen molar-refractivity contribution in [2.45, 2.75) is 31.8 Å². The summed E-state index contributed by atoms with van der Waals surface area (Å²) in [6.45, 7) is 2.85. The Morgan fingerprint density at radius 3 is 2.64 bits per heavy atom. The molecule has 0 bridgehead atoms. The van der Waals surface area contributed by atoms with Crippen LogP contribution in [0.3, 0.4) is 0 Å². The molecule has 25 heavy (non-hydrogen) atoms. The van der Waals surface area contributed by atoms with Crippen LogP contribution >= 0.6 is 0 Å². The van der Waals surface area contributed by atoms with Crippen LogP contribution in [0.4, 0.5) is 5.69 Å². The largest absolute Gasteiger partial charge is 0.348 e. The van der Waals surface area contributed by atoms with E-state index in [1.807, 2.05) is 49.4 Å². The van der Waals surface area contributed by atoms with Crippen LogP contribution in [-0.4, -0.2) is 24.4 Å². The molecule has 0 radical (unpaired) electrons. The second kappa shape index (κ2) is 7.94. The van der Waals surface area contributed by atoms with E-state index in [0.29, 0.717) is 11.3 Å². The van der Waals surface area contributed by atoms with Gasteiger partial charge < -0.3 is 16.0 Å². The zero-order valence-electron chi connectivity index (χ0n) is 14.3. The van der Waals surface area contributed by atoms with Crippen molar-refractivity contribution < 1.29 is 9.59 Å². The number of nitrogens with one attached hydrogen (secondary N) is 3. The van der Waals surface area contributed by atoms with Gasteiger partial charge in [0.1, 0.15) is 0 Å². The zero-order chi connectivity index (χ0) is 17.6. The van der Waals surface area contributed by atoms with E-state index in [1.165, 1.54) is 0 Å². The highest BCUT2D eigenvalue weighted by Gasteiger charge is 2.23. The maximum Gasteiger partial charge on any atom is 0.255 e. The van der Waals surface area contributed by atoms with Crippen LogP contribution in [0.1, 0.15) is 41.7 Å². The van der Waals surface area contributed by atoms with E-state index in [1.54, 1.807) is 12.1 Å². The molecule has 0 saturated carbocycles. The third-order valence-electron chi connectivity index (χ3n) is 4.42. The first kappa shape index (κ1) is 17.2. The first-order valence-corrected chi connectivity index (χ1v) is 8.63. The van der Waals surface area contributed by atoms with Crippen LogP contribution in [0, 0.1) is 0 Å². The normalized spacial score (nSPS) is 17.7. The molecule has 1 saturated heterocycles. The fraction of sp³-hybridized carbons (Fsp3) is 0.300. The van der Waals surface area contributed by atoms with Gasteiger partial charge in [-0.15, -0.1) is 0 Å². The van der Waals surface area contributed by atoms with Crippen molar-refractivity contribution in [2.24, 2.45) is 0 Å². The molecule has 0 spiro atoms. The topological polar surface area (TPSA) is 70.2 Å². The highest BCUT2D eigenvalue weighted by atomic mass is 16.2. The van der Waals surface area contributed by atoms with Gasteiger partial charge in [0.2, 0.25) is 5.91 Å². The Labute approximate surface area is 147 Å². The van der Waals surface area contributed by atoms with Gasteiger partial charge in [0.05, 0.1) is 12.1 Å². The summed E-state index contributed by atoms with van der Waals surface area (Å²) in [6.07, 6.45) is 1.92. The van der Waals surface area contributed by atoms with Crippen LogP contribution in [-0.2, 0) is 4.79 Å². The molecular weight excluding hydrogens is 314 g/mol. The molecule has 3 N–H and O–H groups in total. The van der Waals surface area contributed by atoms with Crippen molar-refractivity contribution >= 4 is 17.5 Å². The number of amides is 2. The predicted octanol–water partition coefficient (Wildman–Crippen LogP) is 2.87. The number of benzene rings is 2. The molecule has 1 aliphatic heterocycles. The summed E-state index contributed by atoms with van der Waals surface area (Å²) in [5.41, 5.74) is 2.28. The Kier molecular flexibility index (Phi) is 5.46.